The van der Waals surface area contributed by atoms with Crippen LogP contribution in [0, 0.1) is 0 Å². The van der Waals surface area contributed by atoms with Gasteiger partial charge in [-0.15, -0.1) is 0 Å². The van der Waals surface area contributed by atoms with Crippen LogP contribution in [-0.4, -0.2) is 4.17 Å². The summed E-state index contributed by atoms with van der Waals surface area (Å²) in [6.07, 6.45) is 7.21. The standard InChI is InChI=1S/C5H5.C2H3O.Pt/c1-2-4-5-3-1;1-2-3;/h1-3H,4H2;1H3;. The second-order valence-electron chi connectivity index (χ2n) is 1.71. The normalized spacial score (nSPS) is 16.3. The number of rotatable bonds is 2. The van der Waals surface area contributed by atoms with Gasteiger partial charge in [-0.2, -0.15) is 0 Å². The fourth-order valence-electron chi connectivity index (χ4n) is 0.610. The molecule has 0 heterocycles. The second-order valence-corrected chi connectivity index (χ2v) is 5.34. The van der Waals surface area contributed by atoms with Gasteiger partial charge in [-0.05, 0) is 0 Å². The molecule has 0 atom stereocenters. The third-order valence-corrected chi connectivity index (χ3v) is 3.29. The van der Waals surface area contributed by atoms with Crippen LogP contribution in [0.5, 0.6) is 0 Å². The molecule has 0 aromatic carbocycles. The molecule has 1 aliphatic rings. The molecule has 0 saturated carbocycles. The van der Waals surface area contributed by atoms with Crippen molar-refractivity contribution in [2.45, 2.75) is 13.3 Å². The van der Waals surface area contributed by atoms with E-state index in [9.17, 15) is 4.79 Å². The van der Waals surface area contributed by atoms with Crippen molar-refractivity contribution in [3.05, 3.63) is 22.2 Å². The van der Waals surface area contributed by atoms with Gasteiger partial charge in [0.2, 0.25) is 0 Å². The van der Waals surface area contributed by atoms with Crippen LogP contribution in [0.1, 0.15) is 13.3 Å². The van der Waals surface area contributed by atoms with Crippen molar-refractivity contribution >= 4 is 4.17 Å². The van der Waals surface area contributed by atoms with Gasteiger partial charge in [0.1, 0.15) is 0 Å². The van der Waals surface area contributed by atoms with Gasteiger partial charge in [-0.1, -0.05) is 0 Å². The van der Waals surface area contributed by atoms with Crippen molar-refractivity contribution in [2.75, 3.05) is 0 Å². The number of hydrogen-bond acceptors (Lipinski definition) is 1. The quantitative estimate of drug-likeness (QED) is 0.755. The summed E-state index contributed by atoms with van der Waals surface area (Å²) < 4.78 is 1.72. The Morgan fingerprint density at radius 1 is 1.78 bits per heavy atom. The maximum absolute atomic E-state index is 10.6. The van der Waals surface area contributed by atoms with Gasteiger partial charge < -0.3 is 0 Å². The van der Waals surface area contributed by atoms with Crippen LogP contribution < -0.4 is 0 Å². The van der Waals surface area contributed by atoms with E-state index >= 15 is 0 Å². The first-order valence-corrected chi connectivity index (χ1v) is 5.01. The van der Waals surface area contributed by atoms with E-state index in [0.717, 1.165) is 6.42 Å². The predicted molar refractivity (Wildman–Crippen MR) is 32.5 cm³/mol. The van der Waals surface area contributed by atoms with Gasteiger partial charge in [-0.25, -0.2) is 0 Å². The van der Waals surface area contributed by atoms with Crippen molar-refractivity contribution in [3.63, 3.8) is 0 Å². The molecule has 0 unspecified atom stereocenters. The molecule has 0 fully saturated rings. The zero-order valence-electron chi connectivity index (χ0n) is 5.16. The molecular weight excluding hydrogens is 295 g/mol. The Kier molecular flexibility index (Phi) is 2.41. The Bertz CT molecular complexity index is 179. The Morgan fingerprint density at radius 2 is 2.56 bits per heavy atom. The summed E-state index contributed by atoms with van der Waals surface area (Å²) in [6.45, 7) is 1.67. The third kappa shape index (κ3) is 2.27. The molecule has 2 heteroatoms. The van der Waals surface area contributed by atoms with Gasteiger partial charge in [0.05, 0.1) is 0 Å². The summed E-state index contributed by atoms with van der Waals surface area (Å²) in [6, 6.07) is 0. The minimum absolute atomic E-state index is 0.288. The third-order valence-electron chi connectivity index (χ3n) is 0.916. The molecule has 1 rings (SSSR count). The number of carbonyl (C=O) groups is 1. The zero-order valence-corrected chi connectivity index (χ0v) is 7.44. The van der Waals surface area contributed by atoms with E-state index in [4.69, 9.17) is 0 Å². The molecular formula is C7H8OPt. The molecule has 0 N–H and O–H groups in total. The second kappa shape index (κ2) is 3.12. The van der Waals surface area contributed by atoms with Crippen molar-refractivity contribution < 1.29 is 23.4 Å². The number of hydrogen-bond donors (Lipinski definition) is 0. The minimum atomic E-state index is -0.288. The SMILES string of the molecule is C[C](=O)[Pt][C]1=CC=CC1. The van der Waals surface area contributed by atoms with Gasteiger partial charge in [0.25, 0.3) is 0 Å². The van der Waals surface area contributed by atoms with E-state index in [1.54, 1.807) is 6.92 Å². The molecule has 1 nitrogen and oxygen atoms in total. The Labute approximate surface area is 63.4 Å². The number of carbonyl (C=O) groups excluding carboxylic acids is 1. The van der Waals surface area contributed by atoms with E-state index in [1.807, 2.05) is 6.08 Å². The first-order valence-electron chi connectivity index (χ1n) is 2.74. The zero-order chi connectivity index (χ0) is 6.69. The van der Waals surface area contributed by atoms with Gasteiger partial charge >= 0.3 is 63.1 Å². The van der Waals surface area contributed by atoms with Gasteiger partial charge in [-0.3, -0.25) is 0 Å². The summed E-state index contributed by atoms with van der Waals surface area (Å²) in [4.78, 5) is 10.6. The van der Waals surface area contributed by atoms with Crippen LogP contribution in [0.25, 0.3) is 0 Å². The van der Waals surface area contributed by atoms with E-state index in [2.05, 4.69) is 12.2 Å². The van der Waals surface area contributed by atoms with Crippen molar-refractivity contribution in [3.8, 4) is 0 Å². The molecule has 0 saturated heterocycles. The average Bonchev–Trinajstić information content (AvgIpc) is 2.15. The molecule has 52 valence electrons. The molecule has 0 aliphatic heterocycles. The van der Waals surface area contributed by atoms with Crippen molar-refractivity contribution in [1.29, 1.82) is 0 Å². The summed E-state index contributed by atoms with van der Waals surface area (Å²) in [7, 11) is 0. The van der Waals surface area contributed by atoms with Crippen LogP contribution in [-0.2, 0) is 23.4 Å². The fourth-order valence-corrected chi connectivity index (χ4v) is 2.54. The monoisotopic (exact) mass is 303 g/mol. The molecule has 0 aromatic heterocycles. The predicted octanol–water partition coefficient (Wildman–Crippen LogP) is 1.46. The summed E-state index contributed by atoms with van der Waals surface area (Å²) in [5.41, 5.74) is 0. The van der Waals surface area contributed by atoms with Crippen LogP contribution in [0.4, 0.5) is 0 Å². The maximum atomic E-state index is 10.6. The molecule has 0 amide bonds. The van der Waals surface area contributed by atoms with Crippen LogP contribution in [0.3, 0.4) is 0 Å². The molecule has 9 heavy (non-hydrogen) atoms. The van der Waals surface area contributed by atoms with Gasteiger partial charge in [0, 0.05) is 0 Å². The topological polar surface area (TPSA) is 17.1 Å². The van der Waals surface area contributed by atoms with E-state index < -0.39 is 0 Å². The van der Waals surface area contributed by atoms with E-state index in [-0.39, 0.29) is 18.6 Å². The molecule has 0 radical (unpaired) electrons. The van der Waals surface area contributed by atoms with Crippen LogP contribution >= 0.6 is 0 Å². The molecule has 0 bridgehead atoms. The van der Waals surface area contributed by atoms with Crippen molar-refractivity contribution in [1.82, 2.24) is 0 Å². The molecule has 0 aromatic rings. The fraction of sp³-hybridized carbons (Fsp3) is 0.286. The Hall–Kier alpha value is -0.162. The van der Waals surface area contributed by atoms with Gasteiger partial charge in [0.15, 0.2) is 0 Å². The first-order chi connectivity index (χ1) is 4.29. The summed E-state index contributed by atoms with van der Waals surface area (Å²) >= 11 is -0.288. The van der Waals surface area contributed by atoms with Crippen LogP contribution in [0.2, 0.25) is 0 Å². The average molecular weight is 303 g/mol. The van der Waals surface area contributed by atoms with E-state index in [1.165, 1.54) is 3.96 Å². The Morgan fingerprint density at radius 3 is 3.00 bits per heavy atom. The summed E-state index contributed by atoms with van der Waals surface area (Å²) in [5, 5.41) is 0. The molecule has 0 spiro atoms. The van der Waals surface area contributed by atoms with E-state index in [0.29, 0.717) is 4.17 Å². The molecule has 1 aliphatic carbocycles. The Balaban J connectivity index is 2.39. The van der Waals surface area contributed by atoms with Crippen molar-refractivity contribution in [2.24, 2.45) is 0 Å². The first kappa shape index (κ1) is 6.95. The van der Waals surface area contributed by atoms with Crippen LogP contribution in [0.15, 0.2) is 22.2 Å². The number of allylic oxidation sites excluding steroid dienone is 4. The summed E-state index contributed by atoms with van der Waals surface area (Å²) in [5.74, 6) is 0.